The predicted octanol–water partition coefficient (Wildman–Crippen LogP) is 4.00. The molecule has 0 amide bonds. The van der Waals surface area contributed by atoms with Gasteiger partial charge in [-0.15, -0.1) is 0 Å². The highest BCUT2D eigenvalue weighted by molar-refractivity contribution is 5.14. The zero-order valence-corrected chi connectivity index (χ0v) is 8.89. The summed E-state index contributed by atoms with van der Waals surface area (Å²) < 4.78 is 0. The van der Waals surface area contributed by atoms with Crippen LogP contribution in [0.5, 0.6) is 0 Å². The molecule has 3 saturated carbocycles. The highest BCUT2D eigenvalue weighted by atomic mass is 14.7. The molecule has 0 aromatic rings. The molecule has 0 saturated heterocycles. The third kappa shape index (κ3) is 1.04. The molecule has 3 fully saturated rings. The van der Waals surface area contributed by atoms with E-state index in [9.17, 15) is 0 Å². The van der Waals surface area contributed by atoms with Crippen LogP contribution in [-0.4, -0.2) is 0 Å². The lowest BCUT2D eigenvalue weighted by Crippen LogP contribution is -2.30. The van der Waals surface area contributed by atoms with Gasteiger partial charge in [-0.05, 0) is 55.3 Å². The van der Waals surface area contributed by atoms with Crippen LogP contribution in [0.4, 0.5) is 0 Å². The van der Waals surface area contributed by atoms with Gasteiger partial charge in [-0.1, -0.05) is 26.2 Å². The van der Waals surface area contributed by atoms with E-state index in [2.05, 4.69) is 6.92 Å². The standard InChI is InChI=1S/C13H22/c1-2-3-5-10-11-6-9-13(12(10)11)7-4-8-13/h10-12H,2-9H2,1H3. The summed E-state index contributed by atoms with van der Waals surface area (Å²) in [5, 5.41) is 0. The Kier molecular flexibility index (Phi) is 1.76. The Morgan fingerprint density at radius 3 is 2.69 bits per heavy atom. The lowest BCUT2D eigenvalue weighted by molar-refractivity contribution is 0.0987. The Morgan fingerprint density at radius 2 is 2.08 bits per heavy atom. The van der Waals surface area contributed by atoms with Gasteiger partial charge in [0.05, 0.1) is 0 Å². The lowest BCUT2D eigenvalue weighted by Gasteiger charge is -2.41. The molecular formula is C13H22. The molecule has 0 bridgehead atoms. The van der Waals surface area contributed by atoms with Crippen molar-refractivity contribution < 1.29 is 0 Å². The first-order valence-corrected chi connectivity index (χ1v) is 6.37. The maximum absolute atomic E-state index is 2.33. The van der Waals surface area contributed by atoms with Gasteiger partial charge in [0.1, 0.15) is 0 Å². The number of rotatable bonds is 3. The van der Waals surface area contributed by atoms with Crippen molar-refractivity contribution in [2.45, 2.75) is 58.3 Å². The van der Waals surface area contributed by atoms with E-state index in [0.29, 0.717) is 0 Å². The summed E-state index contributed by atoms with van der Waals surface area (Å²) in [4.78, 5) is 0. The van der Waals surface area contributed by atoms with Crippen LogP contribution in [0.2, 0.25) is 0 Å². The normalized spacial score (nSPS) is 44.5. The zero-order chi connectivity index (χ0) is 8.89. The number of unbranched alkanes of at least 4 members (excludes halogenated alkanes) is 1. The Bertz CT molecular complexity index is 202. The highest BCUT2D eigenvalue weighted by Crippen LogP contribution is 2.73. The number of hydrogen-bond donors (Lipinski definition) is 0. The average Bonchev–Trinajstić information content (AvgIpc) is 2.58. The summed E-state index contributed by atoms with van der Waals surface area (Å²) in [6, 6.07) is 0. The average molecular weight is 178 g/mol. The first-order valence-electron chi connectivity index (χ1n) is 6.37. The van der Waals surface area contributed by atoms with Crippen molar-refractivity contribution in [3.63, 3.8) is 0 Å². The topological polar surface area (TPSA) is 0 Å². The maximum atomic E-state index is 2.33. The van der Waals surface area contributed by atoms with Crippen molar-refractivity contribution in [2.75, 3.05) is 0 Å². The molecule has 3 aliphatic rings. The summed E-state index contributed by atoms with van der Waals surface area (Å²) in [6.45, 7) is 2.33. The summed E-state index contributed by atoms with van der Waals surface area (Å²) in [5.41, 5.74) is 0.920. The summed E-state index contributed by atoms with van der Waals surface area (Å²) in [7, 11) is 0. The quantitative estimate of drug-likeness (QED) is 0.612. The zero-order valence-electron chi connectivity index (χ0n) is 8.89. The number of fused-ring (bicyclic) bond motifs is 2. The molecule has 13 heavy (non-hydrogen) atoms. The third-order valence-corrected chi connectivity index (χ3v) is 5.25. The van der Waals surface area contributed by atoms with Crippen molar-refractivity contribution in [2.24, 2.45) is 23.2 Å². The molecule has 3 rings (SSSR count). The monoisotopic (exact) mass is 178 g/mol. The van der Waals surface area contributed by atoms with Crippen LogP contribution in [0.3, 0.4) is 0 Å². The molecule has 0 N–H and O–H groups in total. The van der Waals surface area contributed by atoms with Crippen LogP contribution in [0.1, 0.15) is 58.3 Å². The van der Waals surface area contributed by atoms with Gasteiger partial charge in [-0.2, -0.15) is 0 Å². The van der Waals surface area contributed by atoms with Crippen LogP contribution >= 0.6 is 0 Å². The van der Waals surface area contributed by atoms with Crippen LogP contribution in [0, 0.1) is 23.2 Å². The Hall–Kier alpha value is 0. The minimum Gasteiger partial charge on any atom is -0.0654 e. The molecule has 0 nitrogen and oxygen atoms in total. The van der Waals surface area contributed by atoms with Crippen molar-refractivity contribution in [3.05, 3.63) is 0 Å². The fraction of sp³-hybridized carbons (Fsp3) is 1.00. The van der Waals surface area contributed by atoms with E-state index in [1.807, 2.05) is 0 Å². The molecule has 3 atom stereocenters. The fourth-order valence-corrected chi connectivity index (χ4v) is 4.42. The van der Waals surface area contributed by atoms with Crippen molar-refractivity contribution in [3.8, 4) is 0 Å². The molecule has 0 aromatic heterocycles. The Labute approximate surface area is 82.1 Å². The molecule has 0 heterocycles. The van der Waals surface area contributed by atoms with Gasteiger partial charge >= 0.3 is 0 Å². The van der Waals surface area contributed by atoms with Gasteiger partial charge in [0.25, 0.3) is 0 Å². The smallest absolute Gasteiger partial charge is 0.0264 e. The van der Waals surface area contributed by atoms with E-state index in [1.54, 1.807) is 38.5 Å². The molecule has 74 valence electrons. The SMILES string of the molecule is CCCCC1C2CCC3(CCC3)C12. The van der Waals surface area contributed by atoms with Gasteiger partial charge in [0, 0.05) is 0 Å². The molecule has 1 spiro atoms. The Balaban J connectivity index is 1.60. The molecule has 0 radical (unpaired) electrons. The van der Waals surface area contributed by atoms with Crippen molar-refractivity contribution in [1.82, 2.24) is 0 Å². The first-order chi connectivity index (χ1) is 6.37. The van der Waals surface area contributed by atoms with Gasteiger partial charge < -0.3 is 0 Å². The van der Waals surface area contributed by atoms with Crippen LogP contribution in [0.15, 0.2) is 0 Å². The van der Waals surface area contributed by atoms with E-state index in [0.717, 1.165) is 5.41 Å². The first kappa shape index (κ1) is 8.32. The fourth-order valence-electron chi connectivity index (χ4n) is 4.42. The second-order valence-corrected chi connectivity index (χ2v) is 5.75. The number of hydrogen-bond acceptors (Lipinski definition) is 0. The highest BCUT2D eigenvalue weighted by Gasteiger charge is 2.65. The largest absolute Gasteiger partial charge is 0.0654 e. The van der Waals surface area contributed by atoms with Crippen molar-refractivity contribution in [1.29, 1.82) is 0 Å². The van der Waals surface area contributed by atoms with E-state index >= 15 is 0 Å². The minimum absolute atomic E-state index is 0.920. The van der Waals surface area contributed by atoms with Crippen LogP contribution in [0.25, 0.3) is 0 Å². The maximum Gasteiger partial charge on any atom is -0.0264 e. The van der Waals surface area contributed by atoms with E-state index in [-0.39, 0.29) is 0 Å². The van der Waals surface area contributed by atoms with Crippen molar-refractivity contribution >= 4 is 0 Å². The predicted molar refractivity (Wildman–Crippen MR) is 55.5 cm³/mol. The second kappa shape index (κ2) is 2.74. The van der Waals surface area contributed by atoms with Gasteiger partial charge in [-0.3, -0.25) is 0 Å². The van der Waals surface area contributed by atoms with Gasteiger partial charge in [0.15, 0.2) is 0 Å². The summed E-state index contributed by atoms with van der Waals surface area (Å²) in [5.74, 6) is 3.61. The minimum atomic E-state index is 0.920. The molecule has 3 unspecified atom stereocenters. The molecular weight excluding hydrogens is 156 g/mol. The van der Waals surface area contributed by atoms with Crippen LogP contribution < -0.4 is 0 Å². The summed E-state index contributed by atoms with van der Waals surface area (Å²) in [6.07, 6.45) is 12.4. The lowest BCUT2D eigenvalue weighted by atomic mass is 9.64. The molecule has 0 heteroatoms. The van der Waals surface area contributed by atoms with E-state index in [1.165, 1.54) is 30.6 Å². The summed E-state index contributed by atoms with van der Waals surface area (Å²) >= 11 is 0. The Morgan fingerprint density at radius 1 is 1.23 bits per heavy atom. The van der Waals surface area contributed by atoms with Crippen LogP contribution in [-0.2, 0) is 0 Å². The van der Waals surface area contributed by atoms with Gasteiger partial charge in [0.2, 0.25) is 0 Å². The molecule has 3 aliphatic carbocycles. The third-order valence-electron chi connectivity index (χ3n) is 5.25. The molecule has 0 aliphatic heterocycles. The molecule has 0 aromatic carbocycles. The second-order valence-electron chi connectivity index (χ2n) is 5.75. The van der Waals surface area contributed by atoms with E-state index < -0.39 is 0 Å². The van der Waals surface area contributed by atoms with Gasteiger partial charge in [-0.25, -0.2) is 0 Å². The van der Waals surface area contributed by atoms with E-state index in [4.69, 9.17) is 0 Å².